The molecule has 0 saturated heterocycles. The average molecular weight is 160 g/mol. The normalized spacial score (nSPS) is 10.1. The van der Waals surface area contributed by atoms with Crippen LogP contribution in [0.2, 0.25) is 0 Å². The van der Waals surface area contributed by atoms with Crippen molar-refractivity contribution in [2.24, 2.45) is 0 Å². The second-order valence-corrected chi connectivity index (χ2v) is 2.48. The van der Waals surface area contributed by atoms with E-state index in [0.717, 1.165) is 11.8 Å². The molecule has 0 aliphatic carbocycles. The monoisotopic (exact) mass is 160 g/mol. The van der Waals surface area contributed by atoms with E-state index >= 15 is 0 Å². The summed E-state index contributed by atoms with van der Waals surface area (Å²) in [4.78, 5) is 20.5. The van der Waals surface area contributed by atoms with Crippen molar-refractivity contribution in [3.05, 3.63) is 12.2 Å². The van der Waals surface area contributed by atoms with Gasteiger partial charge in [0, 0.05) is 0 Å². The zero-order valence-corrected chi connectivity index (χ0v) is 6.35. The Balaban J connectivity index is 3.50. The van der Waals surface area contributed by atoms with Gasteiger partial charge in [-0.3, -0.25) is 9.59 Å². The highest BCUT2D eigenvalue weighted by molar-refractivity contribution is 8.14. The standard InChI is InChI=1S/C6H8O3S/c1-2-3-6(9)10-4-5(7)8/h2-3H,4H2,1H3,(H,7,8)/b3-2+. The molecule has 0 radical (unpaired) electrons. The third-order valence-corrected chi connectivity index (χ3v) is 1.45. The quantitative estimate of drug-likeness (QED) is 0.623. The Morgan fingerprint density at radius 3 is 2.60 bits per heavy atom. The highest BCUT2D eigenvalue weighted by atomic mass is 32.2. The van der Waals surface area contributed by atoms with E-state index in [1.54, 1.807) is 13.0 Å². The van der Waals surface area contributed by atoms with E-state index in [1.165, 1.54) is 6.08 Å². The van der Waals surface area contributed by atoms with E-state index in [-0.39, 0.29) is 10.9 Å². The van der Waals surface area contributed by atoms with Gasteiger partial charge in [-0.1, -0.05) is 17.8 Å². The summed E-state index contributed by atoms with van der Waals surface area (Å²) in [5.74, 6) is -1.13. The molecule has 0 fully saturated rings. The predicted octanol–water partition coefficient (Wildman–Crippen LogP) is 0.907. The minimum absolute atomic E-state index is 0.164. The van der Waals surface area contributed by atoms with E-state index in [4.69, 9.17) is 5.11 Å². The lowest BCUT2D eigenvalue weighted by molar-refractivity contribution is -0.134. The lowest BCUT2D eigenvalue weighted by Gasteiger charge is -1.88. The summed E-state index contributed by atoms with van der Waals surface area (Å²) in [6.45, 7) is 1.71. The molecular weight excluding hydrogens is 152 g/mol. The second-order valence-electron chi connectivity index (χ2n) is 1.50. The van der Waals surface area contributed by atoms with Crippen LogP contribution < -0.4 is 0 Å². The highest BCUT2D eigenvalue weighted by Crippen LogP contribution is 2.01. The van der Waals surface area contributed by atoms with Crippen molar-refractivity contribution in [1.29, 1.82) is 0 Å². The molecule has 56 valence electrons. The molecule has 0 aromatic carbocycles. The number of carboxylic acid groups (broad SMARTS) is 1. The molecule has 0 atom stereocenters. The minimum atomic E-state index is -0.970. The summed E-state index contributed by atoms with van der Waals surface area (Å²) in [5.41, 5.74) is 0. The van der Waals surface area contributed by atoms with E-state index in [2.05, 4.69) is 0 Å². The molecule has 3 nitrogen and oxygen atoms in total. The minimum Gasteiger partial charge on any atom is -0.481 e. The molecule has 0 bridgehead atoms. The molecule has 0 heterocycles. The smallest absolute Gasteiger partial charge is 0.313 e. The van der Waals surface area contributed by atoms with Crippen molar-refractivity contribution in [2.75, 3.05) is 5.75 Å². The number of aliphatic carboxylic acids is 1. The molecule has 0 aliphatic rings. The number of carboxylic acids is 1. The van der Waals surface area contributed by atoms with E-state index in [9.17, 15) is 9.59 Å². The lowest BCUT2D eigenvalue weighted by Crippen LogP contribution is -2.00. The van der Waals surface area contributed by atoms with Gasteiger partial charge in [-0.2, -0.15) is 0 Å². The van der Waals surface area contributed by atoms with Crippen molar-refractivity contribution in [1.82, 2.24) is 0 Å². The van der Waals surface area contributed by atoms with E-state index in [0.29, 0.717) is 0 Å². The van der Waals surface area contributed by atoms with Gasteiger partial charge in [-0.15, -0.1) is 0 Å². The van der Waals surface area contributed by atoms with Gasteiger partial charge >= 0.3 is 5.97 Å². The van der Waals surface area contributed by atoms with Crippen LogP contribution in [-0.2, 0) is 9.59 Å². The number of hydrogen-bond donors (Lipinski definition) is 1. The van der Waals surface area contributed by atoms with Crippen molar-refractivity contribution in [3.63, 3.8) is 0 Å². The molecule has 0 aromatic heterocycles. The Morgan fingerprint density at radius 1 is 1.60 bits per heavy atom. The fourth-order valence-electron chi connectivity index (χ4n) is 0.317. The van der Waals surface area contributed by atoms with Gasteiger partial charge in [0.25, 0.3) is 0 Å². The van der Waals surface area contributed by atoms with Crippen LogP contribution in [-0.4, -0.2) is 21.9 Å². The molecule has 0 rings (SSSR count). The summed E-state index contributed by atoms with van der Waals surface area (Å²) in [6, 6.07) is 0. The van der Waals surface area contributed by atoms with Gasteiger partial charge < -0.3 is 5.11 Å². The first-order chi connectivity index (χ1) is 4.66. The maximum Gasteiger partial charge on any atom is 0.313 e. The van der Waals surface area contributed by atoms with E-state index < -0.39 is 5.97 Å². The molecule has 0 unspecified atom stereocenters. The van der Waals surface area contributed by atoms with Crippen LogP contribution in [0.3, 0.4) is 0 Å². The third-order valence-electron chi connectivity index (χ3n) is 0.641. The summed E-state index contributed by atoms with van der Waals surface area (Å²) >= 11 is 0.784. The number of carbonyl (C=O) groups is 2. The first-order valence-corrected chi connectivity index (χ1v) is 3.66. The molecular formula is C6H8O3S. The Kier molecular flexibility index (Phi) is 4.66. The lowest BCUT2D eigenvalue weighted by atomic mass is 10.6. The fraction of sp³-hybridized carbons (Fsp3) is 0.333. The summed E-state index contributed by atoms with van der Waals surface area (Å²) < 4.78 is 0. The van der Waals surface area contributed by atoms with Gasteiger partial charge in [0.2, 0.25) is 5.12 Å². The molecule has 0 saturated carbocycles. The molecule has 1 N–H and O–H groups in total. The van der Waals surface area contributed by atoms with Crippen molar-refractivity contribution >= 4 is 22.8 Å². The van der Waals surface area contributed by atoms with E-state index in [1.807, 2.05) is 0 Å². The van der Waals surface area contributed by atoms with Gasteiger partial charge in [0.1, 0.15) is 0 Å². The van der Waals surface area contributed by atoms with Crippen molar-refractivity contribution in [3.8, 4) is 0 Å². The van der Waals surface area contributed by atoms with Crippen LogP contribution in [0.1, 0.15) is 6.92 Å². The van der Waals surface area contributed by atoms with Crippen LogP contribution in [0.25, 0.3) is 0 Å². The average Bonchev–Trinajstić information content (AvgIpc) is 1.85. The summed E-state index contributed by atoms with van der Waals surface area (Å²) in [7, 11) is 0. The Bertz CT molecular complexity index is 162. The Morgan fingerprint density at radius 2 is 2.20 bits per heavy atom. The van der Waals surface area contributed by atoms with Gasteiger partial charge in [0.15, 0.2) is 0 Å². The first kappa shape index (κ1) is 9.23. The maximum atomic E-state index is 10.6. The number of allylic oxidation sites excluding steroid dienone is 1. The summed E-state index contributed by atoms with van der Waals surface area (Å²) in [6.07, 6.45) is 2.92. The van der Waals surface area contributed by atoms with Crippen LogP contribution >= 0.6 is 11.8 Å². The Hall–Kier alpha value is -0.770. The number of hydrogen-bond acceptors (Lipinski definition) is 3. The number of carbonyl (C=O) groups excluding carboxylic acids is 1. The highest BCUT2D eigenvalue weighted by Gasteiger charge is 2.00. The van der Waals surface area contributed by atoms with Crippen LogP contribution in [0.4, 0.5) is 0 Å². The molecule has 4 heteroatoms. The zero-order chi connectivity index (χ0) is 7.98. The predicted molar refractivity (Wildman–Crippen MR) is 39.9 cm³/mol. The molecule has 0 aliphatic heterocycles. The van der Waals surface area contributed by atoms with Crippen LogP contribution in [0.15, 0.2) is 12.2 Å². The second kappa shape index (κ2) is 5.05. The Labute approximate surface area is 63.1 Å². The number of thioether (sulfide) groups is 1. The fourth-order valence-corrected chi connectivity index (χ4v) is 0.815. The van der Waals surface area contributed by atoms with Gasteiger partial charge in [-0.05, 0) is 13.0 Å². The molecule has 0 amide bonds. The number of rotatable bonds is 3. The molecule has 10 heavy (non-hydrogen) atoms. The molecule has 0 aromatic rings. The SMILES string of the molecule is C/C=C/C(=O)SCC(=O)O. The van der Waals surface area contributed by atoms with Crippen molar-refractivity contribution in [2.45, 2.75) is 6.92 Å². The van der Waals surface area contributed by atoms with Crippen LogP contribution in [0, 0.1) is 0 Å². The van der Waals surface area contributed by atoms with Gasteiger partial charge in [-0.25, -0.2) is 0 Å². The largest absolute Gasteiger partial charge is 0.481 e. The topological polar surface area (TPSA) is 54.4 Å². The van der Waals surface area contributed by atoms with Crippen molar-refractivity contribution < 1.29 is 14.7 Å². The maximum absolute atomic E-state index is 10.6. The zero-order valence-electron chi connectivity index (χ0n) is 5.53. The molecule has 0 spiro atoms. The summed E-state index contributed by atoms with van der Waals surface area (Å²) in [5, 5.41) is 7.92. The van der Waals surface area contributed by atoms with Crippen LogP contribution in [0.5, 0.6) is 0 Å². The van der Waals surface area contributed by atoms with Gasteiger partial charge in [0.05, 0.1) is 5.75 Å². The first-order valence-electron chi connectivity index (χ1n) is 2.68. The third kappa shape index (κ3) is 5.37.